The molecule has 0 bridgehead atoms. The summed E-state index contributed by atoms with van der Waals surface area (Å²) in [7, 11) is 1.80. The molecule has 10 heteroatoms. The molecule has 0 saturated heterocycles. The Hall–Kier alpha value is -3.16. The number of carbonyl (C=O) groups is 2. The largest absolute Gasteiger partial charge is 0.345 e. The monoisotopic (exact) mass is 480 g/mol. The Labute approximate surface area is 200 Å². The van der Waals surface area contributed by atoms with Gasteiger partial charge in [0.05, 0.1) is 17.9 Å². The quantitative estimate of drug-likeness (QED) is 0.500. The number of fused-ring (bicyclic) bond motifs is 1. The zero-order valence-electron chi connectivity index (χ0n) is 18.5. The van der Waals surface area contributed by atoms with Crippen molar-refractivity contribution in [2.75, 3.05) is 11.1 Å². The van der Waals surface area contributed by atoms with Gasteiger partial charge in [-0.3, -0.25) is 9.59 Å². The molecule has 0 spiro atoms. The second-order valence-corrected chi connectivity index (χ2v) is 9.92. The first-order chi connectivity index (χ1) is 16.0. The van der Waals surface area contributed by atoms with E-state index < -0.39 is 0 Å². The number of aromatic nitrogens is 3. The van der Waals surface area contributed by atoms with Gasteiger partial charge in [-0.2, -0.15) is 5.26 Å². The molecule has 4 rings (SSSR count). The number of thioether (sulfide) groups is 1. The molecule has 1 aliphatic carbocycles. The van der Waals surface area contributed by atoms with Crippen LogP contribution in [0.4, 0.5) is 5.00 Å². The minimum Gasteiger partial charge on any atom is -0.345 e. The molecule has 2 amide bonds. The fourth-order valence-electron chi connectivity index (χ4n) is 3.66. The number of amides is 2. The third kappa shape index (κ3) is 5.26. The molecule has 3 aromatic rings. The van der Waals surface area contributed by atoms with Crippen molar-refractivity contribution in [3.8, 4) is 6.07 Å². The van der Waals surface area contributed by atoms with Crippen molar-refractivity contribution in [2.24, 2.45) is 7.05 Å². The van der Waals surface area contributed by atoms with Gasteiger partial charge in [0.1, 0.15) is 11.1 Å². The third-order valence-electron chi connectivity index (χ3n) is 5.51. The van der Waals surface area contributed by atoms with Crippen LogP contribution in [-0.4, -0.2) is 32.3 Å². The standard InChI is InChI=1S/C23H24N6O2S2/c1-14-7-9-15(10-8-14)21(31)25-12-19-27-28-23(29(19)2)32-13-20(30)26-22-17(11-24)16-5-3-4-6-18(16)33-22/h7-10H,3-6,12-13H2,1-2H3,(H,25,31)(H,26,30). The fraction of sp³-hybridized carbons (Fsp3) is 0.348. The number of benzene rings is 1. The zero-order valence-corrected chi connectivity index (χ0v) is 20.1. The molecule has 0 saturated carbocycles. The molecule has 0 aliphatic heterocycles. The lowest BCUT2D eigenvalue weighted by molar-refractivity contribution is -0.113. The number of thiophene rings is 1. The van der Waals surface area contributed by atoms with Gasteiger partial charge in [0.15, 0.2) is 11.0 Å². The summed E-state index contributed by atoms with van der Waals surface area (Å²) in [6.45, 7) is 2.20. The minimum atomic E-state index is -0.188. The number of nitrogens with one attached hydrogen (secondary N) is 2. The molecule has 1 aliphatic rings. The number of nitrogens with zero attached hydrogens (tertiary/aromatic N) is 4. The van der Waals surface area contributed by atoms with E-state index in [2.05, 4.69) is 26.9 Å². The Balaban J connectivity index is 1.32. The number of rotatable bonds is 7. The first kappa shape index (κ1) is 23.0. The average molecular weight is 481 g/mol. The van der Waals surface area contributed by atoms with Gasteiger partial charge < -0.3 is 15.2 Å². The third-order valence-corrected chi connectivity index (χ3v) is 7.74. The van der Waals surface area contributed by atoms with E-state index >= 15 is 0 Å². The lowest BCUT2D eigenvalue weighted by atomic mass is 9.96. The van der Waals surface area contributed by atoms with Crippen LogP contribution in [0.25, 0.3) is 0 Å². The molecule has 2 N–H and O–H groups in total. The van der Waals surface area contributed by atoms with Crippen molar-refractivity contribution in [1.82, 2.24) is 20.1 Å². The van der Waals surface area contributed by atoms with Crippen LogP contribution in [0.2, 0.25) is 0 Å². The van der Waals surface area contributed by atoms with Gasteiger partial charge in [-0.05, 0) is 50.3 Å². The van der Waals surface area contributed by atoms with E-state index in [1.807, 2.05) is 19.1 Å². The van der Waals surface area contributed by atoms with Crippen molar-refractivity contribution in [3.63, 3.8) is 0 Å². The topological polar surface area (TPSA) is 113 Å². The highest BCUT2D eigenvalue weighted by atomic mass is 32.2. The predicted molar refractivity (Wildman–Crippen MR) is 128 cm³/mol. The van der Waals surface area contributed by atoms with Gasteiger partial charge in [0.25, 0.3) is 5.91 Å². The maximum absolute atomic E-state index is 12.5. The lowest BCUT2D eigenvalue weighted by Crippen LogP contribution is -2.24. The van der Waals surface area contributed by atoms with Crippen LogP contribution in [0.15, 0.2) is 29.4 Å². The van der Waals surface area contributed by atoms with Gasteiger partial charge in [-0.1, -0.05) is 29.5 Å². The molecule has 170 valence electrons. The summed E-state index contributed by atoms with van der Waals surface area (Å²) in [5.74, 6) is 0.372. The number of hydrogen-bond donors (Lipinski definition) is 2. The summed E-state index contributed by atoms with van der Waals surface area (Å²) in [4.78, 5) is 26.1. The minimum absolute atomic E-state index is 0.148. The highest BCUT2D eigenvalue weighted by molar-refractivity contribution is 7.99. The summed E-state index contributed by atoms with van der Waals surface area (Å²) >= 11 is 2.78. The Kier molecular flexibility index (Phi) is 7.11. The highest BCUT2D eigenvalue weighted by Crippen LogP contribution is 2.37. The molecule has 8 nitrogen and oxygen atoms in total. The van der Waals surface area contributed by atoms with Crippen molar-refractivity contribution in [1.29, 1.82) is 5.26 Å². The first-order valence-corrected chi connectivity index (χ1v) is 12.5. The zero-order chi connectivity index (χ0) is 23.4. The summed E-state index contributed by atoms with van der Waals surface area (Å²) in [5, 5.41) is 24.8. The molecule has 33 heavy (non-hydrogen) atoms. The van der Waals surface area contributed by atoms with Crippen molar-refractivity contribution in [3.05, 3.63) is 57.2 Å². The van der Waals surface area contributed by atoms with E-state index in [0.717, 1.165) is 36.8 Å². The van der Waals surface area contributed by atoms with Crippen molar-refractivity contribution in [2.45, 2.75) is 44.3 Å². The predicted octanol–water partition coefficient (Wildman–Crippen LogP) is 3.60. The average Bonchev–Trinajstić information content (AvgIpc) is 3.35. The number of nitriles is 1. The summed E-state index contributed by atoms with van der Waals surface area (Å²) in [6.07, 6.45) is 4.09. The van der Waals surface area contributed by atoms with Crippen LogP contribution in [-0.2, 0) is 31.2 Å². The van der Waals surface area contributed by atoms with Gasteiger partial charge >= 0.3 is 0 Å². The van der Waals surface area contributed by atoms with Crippen LogP contribution < -0.4 is 10.6 Å². The fourth-order valence-corrected chi connectivity index (χ4v) is 5.64. The SMILES string of the molecule is Cc1ccc(C(=O)NCc2nnc(SCC(=O)Nc3sc4c(c3C#N)CCCC4)n2C)cc1. The Morgan fingerprint density at radius 2 is 1.97 bits per heavy atom. The molecule has 2 heterocycles. The molecular formula is C23H24N6O2S2. The van der Waals surface area contributed by atoms with E-state index in [1.165, 1.54) is 28.0 Å². The van der Waals surface area contributed by atoms with E-state index in [0.29, 0.717) is 27.1 Å². The lowest BCUT2D eigenvalue weighted by Gasteiger charge is -2.09. The maximum Gasteiger partial charge on any atom is 0.251 e. The Bertz CT molecular complexity index is 1220. The summed E-state index contributed by atoms with van der Waals surface area (Å²) in [5.41, 5.74) is 3.38. The maximum atomic E-state index is 12.5. The second kappa shape index (κ2) is 10.2. The smallest absolute Gasteiger partial charge is 0.251 e. The Morgan fingerprint density at radius 3 is 2.73 bits per heavy atom. The second-order valence-electron chi connectivity index (χ2n) is 7.87. The molecule has 0 unspecified atom stereocenters. The first-order valence-electron chi connectivity index (χ1n) is 10.7. The molecule has 1 aromatic carbocycles. The van der Waals surface area contributed by atoms with Gasteiger partial charge in [0, 0.05) is 17.5 Å². The summed E-state index contributed by atoms with van der Waals surface area (Å²) < 4.78 is 1.76. The molecular weight excluding hydrogens is 456 g/mol. The van der Waals surface area contributed by atoms with E-state index in [4.69, 9.17) is 0 Å². The molecule has 0 radical (unpaired) electrons. The van der Waals surface area contributed by atoms with Crippen LogP contribution in [0.3, 0.4) is 0 Å². The van der Waals surface area contributed by atoms with Gasteiger partial charge in [-0.15, -0.1) is 21.5 Å². The van der Waals surface area contributed by atoms with Crippen molar-refractivity contribution >= 4 is 39.9 Å². The number of carbonyl (C=O) groups excluding carboxylic acids is 2. The number of hydrogen-bond acceptors (Lipinski definition) is 7. The molecule has 0 atom stereocenters. The summed E-state index contributed by atoms with van der Waals surface area (Å²) in [6, 6.07) is 9.60. The van der Waals surface area contributed by atoms with Crippen LogP contribution in [0.1, 0.15) is 50.6 Å². The Morgan fingerprint density at radius 1 is 1.21 bits per heavy atom. The van der Waals surface area contributed by atoms with Crippen molar-refractivity contribution < 1.29 is 9.59 Å². The highest BCUT2D eigenvalue weighted by Gasteiger charge is 2.22. The van der Waals surface area contributed by atoms with Crippen LogP contribution in [0.5, 0.6) is 0 Å². The van der Waals surface area contributed by atoms with E-state index in [1.54, 1.807) is 23.7 Å². The molecule has 0 fully saturated rings. The van der Waals surface area contributed by atoms with Gasteiger partial charge in [0.2, 0.25) is 5.91 Å². The van der Waals surface area contributed by atoms with Crippen LogP contribution >= 0.6 is 23.1 Å². The van der Waals surface area contributed by atoms with Crippen LogP contribution in [0, 0.1) is 18.3 Å². The molecule has 2 aromatic heterocycles. The number of aryl methyl sites for hydroxylation is 2. The number of anilines is 1. The normalized spacial score (nSPS) is 12.6. The van der Waals surface area contributed by atoms with E-state index in [-0.39, 0.29) is 24.1 Å². The van der Waals surface area contributed by atoms with Gasteiger partial charge in [-0.25, -0.2) is 0 Å². The van der Waals surface area contributed by atoms with E-state index in [9.17, 15) is 14.9 Å².